The molecule has 0 saturated heterocycles. The Hall–Kier alpha value is -5.50. The molecule has 12 rings (SSSR count). The van der Waals surface area contributed by atoms with Crippen LogP contribution in [0.15, 0.2) is 159 Å². The summed E-state index contributed by atoms with van der Waals surface area (Å²) in [6.07, 6.45) is 2.08. The van der Waals surface area contributed by atoms with Crippen LogP contribution in [-0.4, -0.2) is 6.71 Å². The van der Waals surface area contributed by atoms with E-state index in [0.717, 1.165) is 52.7 Å². The first-order chi connectivity index (χ1) is 25.3. The Morgan fingerprint density at radius 3 is 1.41 bits per heavy atom. The molecular formula is C44H27BN2O2S2. The van der Waals surface area contributed by atoms with Crippen molar-refractivity contribution < 1.29 is 9.47 Å². The first-order valence-corrected chi connectivity index (χ1v) is 19.0. The molecule has 240 valence electrons. The summed E-state index contributed by atoms with van der Waals surface area (Å²) in [6, 6.07) is 50.5. The van der Waals surface area contributed by atoms with E-state index in [0.29, 0.717) is 0 Å². The molecule has 5 aliphatic rings. The van der Waals surface area contributed by atoms with Gasteiger partial charge in [0.25, 0.3) is 6.71 Å². The van der Waals surface area contributed by atoms with Gasteiger partial charge >= 0.3 is 0 Å². The maximum Gasteiger partial charge on any atom is 0.260 e. The molecule has 0 bridgehead atoms. The molecule has 7 heteroatoms. The molecule has 0 atom stereocenters. The maximum atomic E-state index is 6.98. The number of rotatable bonds is 2. The highest BCUT2D eigenvalue weighted by Crippen LogP contribution is 2.54. The lowest BCUT2D eigenvalue weighted by molar-refractivity contribution is 0.454. The quantitative estimate of drug-likeness (QED) is 0.168. The summed E-state index contributed by atoms with van der Waals surface area (Å²) in [5.41, 5.74) is 13.1. The SMILES string of the molecule is c1ccc2c(c1)Sc1ccccc1N2c1ccc2c(c1)Oc1cc3c(c4c1B2c1ccc(N2c5ccccc5Sc5ccccc52)cc1O4)CC3. The van der Waals surface area contributed by atoms with E-state index in [-0.39, 0.29) is 6.71 Å². The Morgan fingerprint density at radius 1 is 0.471 bits per heavy atom. The zero-order valence-corrected chi connectivity index (χ0v) is 28.9. The van der Waals surface area contributed by atoms with Gasteiger partial charge < -0.3 is 19.3 Å². The smallest absolute Gasteiger partial charge is 0.260 e. The summed E-state index contributed by atoms with van der Waals surface area (Å²) in [4.78, 5) is 9.74. The van der Waals surface area contributed by atoms with Gasteiger partial charge in [-0.1, -0.05) is 84.2 Å². The van der Waals surface area contributed by atoms with Crippen LogP contribution in [0.25, 0.3) is 0 Å². The number of benzene rings is 7. The predicted molar refractivity (Wildman–Crippen MR) is 209 cm³/mol. The second-order valence-corrected chi connectivity index (χ2v) is 15.7. The van der Waals surface area contributed by atoms with Crippen molar-refractivity contribution in [3.05, 3.63) is 151 Å². The van der Waals surface area contributed by atoms with E-state index < -0.39 is 0 Å². The summed E-state index contributed by atoms with van der Waals surface area (Å²) in [5.74, 6) is 3.72. The van der Waals surface area contributed by atoms with Crippen LogP contribution < -0.4 is 35.7 Å². The third-order valence-corrected chi connectivity index (χ3v) is 13.1. The fraction of sp³-hybridized carbons (Fsp3) is 0.0455. The maximum absolute atomic E-state index is 6.98. The van der Waals surface area contributed by atoms with Crippen LogP contribution in [0.2, 0.25) is 0 Å². The second-order valence-electron chi connectivity index (χ2n) is 13.6. The van der Waals surface area contributed by atoms with E-state index >= 15 is 0 Å². The molecule has 0 fully saturated rings. The highest BCUT2D eigenvalue weighted by molar-refractivity contribution is 8.00. The Labute approximate surface area is 304 Å². The van der Waals surface area contributed by atoms with Gasteiger partial charge in [0.15, 0.2) is 0 Å². The van der Waals surface area contributed by atoms with E-state index in [1.165, 1.54) is 64.4 Å². The lowest BCUT2D eigenvalue weighted by Crippen LogP contribution is -2.58. The number of para-hydroxylation sites is 4. The fourth-order valence-corrected chi connectivity index (χ4v) is 10.6. The monoisotopic (exact) mass is 690 g/mol. The van der Waals surface area contributed by atoms with Crippen molar-refractivity contribution in [3.8, 4) is 23.0 Å². The number of nitrogens with zero attached hydrogens (tertiary/aromatic N) is 2. The lowest BCUT2D eigenvalue weighted by atomic mass is 9.34. The molecule has 7 aromatic carbocycles. The van der Waals surface area contributed by atoms with Gasteiger partial charge in [0, 0.05) is 48.6 Å². The van der Waals surface area contributed by atoms with Crippen molar-refractivity contribution in [3.63, 3.8) is 0 Å². The van der Waals surface area contributed by atoms with Crippen molar-refractivity contribution in [1.82, 2.24) is 0 Å². The number of aryl methyl sites for hydroxylation is 1. The van der Waals surface area contributed by atoms with Crippen LogP contribution >= 0.6 is 23.5 Å². The molecule has 0 amide bonds. The average Bonchev–Trinajstić information content (AvgIpc) is 3.16. The topological polar surface area (TPSA) is 24.9 Å². The van der Waals surface area contributed by atoms with Gasteiger partial charge in [-0.05, 0) is 102 Å². The minimum absolute atomic E-state index is 0.00414. The van der Waals surface area contributed by atoms with Gasteiger partial charge in [-0.2, -0.15) is 0 Å². The average molecular weight is 691 g/mol. The summed E-state index contributed by atoms with van der Waals surface area (Å²) in [6.45, 7) is 0.00414. The molecule has 7 aromatic rings. The minimum Gasteiger partial charge on any atom is -0.458 e. The number of hydrogen-bond donors (Lipinski definition) is 0. The van der Waals surface area contributed by atoms with Crippen LogP contribution in [0.5, 0.6) is 23.0 Å². The lowest BCUT2D eigenvalue weighted by Gasteiger charge is -2.38. The zero-order valence-electron chi connectivity index (χ0n) is 27.3. The Balaban J connectivity index is 1.02. The largest absolute Gasteiger partial charge is 0.458 e. The van der Waals surface area contributed by atoms with Gasteiger partial charge in [0.1, 0.15) is 23.0 Å². The van der Waals surface area contributed by atoms with Crippen molar-refractivity contribution in [1.29, 1.82) is 0 Å². The molecule has 0 saturated carbocycles. The molecule has 0 N–H and O–H groups in total. The van der Waals surface area contributed by atoms with Gasteiger partial charge in [0.05, 0.1) is 22.7 Å². The molecule has 0 aromatic heterocycles. The summed E-state index contributed by atoms with van der Waals surface area (Å²) in [7, 11) is 0. The van der Waals surface area contributed by atoms with E-state index in [1.807, 2.05) is 23.5 Å². The summed E-state index contributed by atoms with van der Waals surface area (Å²) in [5, 5.41) is 0. The van der Waals surface area contributed by atoms with Crippen molar-refractivity contribution in [2.24, 2.45) is 0 Å². The van der Waals surface area contributed by atoms with Crippen molar-refractivity contribution >= 4 is 80.7 Å². The zero-order chi connectivity index (χ0) is 33.2. The Morgan fingerprint density at radius 2 is 0.941 bits per heavy atom. The molecule has 4 heterocycles. The molecular weight excluding hydrogens is 663 g/mol. The Kier molecular flexibility index (Phi) is 5.82. The first kappa shape index (κ1) is 28.2. The number of ether oxygens (including phenoxy) is 2. The second kappa shape index (κ2) is 10.5. The summed E-state index contributed by atoms with van der Waals surface area (Å²) < 4.78 is 13.9. The molecule has 0 unspecified atom stereocenters. The van der Waals surface area contributed by atoms with Crippen LogP contribution in [0, 0.1) is 0 Å². The van der Waals surface area contributed by atoms with E-state index in [4.69, 9.17) is 9.47 Å². The molecule has 0 radical (unpaired) electrons. The minimum atomic E-state index is 0.00414. The Bertz CT molecular complexity index is 2560. The van der Waals surface area contributed by atoms with Gasteiger partial charge in [-0.25, -0.2) is 0 Å². The standard InChI is InChI=1S/C44H27BN2O2S2/c1-5-13-39-32(9-1)46(33-10-2-6-14-40(33)50-39)27-18-21-30-36(24-27)48-38-23-26-17-20-29(26)44-43(38)45(30)31-22-19-28(25-37(31)49-44)47-34-11-3-7-15-41(34)51-42-16-8-4-12-35(42)47/h1-16,18-19,21-25H,17,20H2. The number of fused-ring (bicyclic) bond motifs is 10. The normalized spacial score (nSPS) is 14.9. The van der Waals surface area contributed by atoms with Crippen molar-refractivity contribution in [2.75, 3.05) is 9.80 Å². The van der Waals surface area contributed by atoms with E-state index in [9.17, 15) is 0 Å². The van der Waals surface area contributed by atoms with Gasteiger partial charge in [-0.3, -0.25) is 0 Å². The molecule has 0 spiro atoms. The third-order valence-electron chi connectivity index (χ3n) is 10.8. The molecule has 51 heavy (non-hydrogen) atoms. The fourth-order valence-electron chi connectivity index (χ4n) is 8.45. The van der Waals surface area contributed by atoms with Gasteiger partial charge in [-0.15, -0.1) is 0 Å². The predicted octanol–water partition coefficient (Wildman–Crippen LogP) is 10.4. The van der Waals surface area contributed by atoms with E-state index in [1.54, 1.807) is 0 Å². The third kappa shape index (κ3) is 4.02. The molecule has 4 aliphatic heterocycles. The highest BCUT2D eigenvalue weighted by atomic mass is 32.2. The van der Waals surface area contributed by atoms with Crippen LogP contribution in [0.3, 0.4) is 0 Å². The molecule has 4 nitrogen and oxygen atoms in total. The van der Waals surface area contributed by atoms with Crippen LogP contribution in [0.4, 0.5) is 34.1 Å². The number of anilines is 6. The highest BCUT2D eigenvalue weighted by Gasteiger charge is 2.43. The summed E-state index contributed by atoms with van der Waals surface area (Å²) >= 11 is 3.66. The van der Waals surface area contributed by atoms with Crippen LogP contribution in [-0.2, 0) is 12.8 Å². The van der Waals surface area contributed by atoms with Crippen LogP contribution in [0.1, 0.15) is 11.1 Å². The molecule has 1 aliphatic carbocycles. The van der Waals surface area contributed by atoms with E-state index in [2.05, 4.69) is 149 Å². The number of hydrogen-bond acceptors (Lipinski definition) is 6. The first-order valence-electron chi connectivity index (χ1n) is 17.4. The van der Waals surface area contributed by atoms with Gasteiger partial charge in [0.2, 0.25) is 0 Å². The van der Waals surface area contributed by atoms with Crippen molar-refractivity contribution in [2.45, 2.75) is 32.4 Å².